The molecule has 19 heavy (non-hydrogen) atoms. The van der Waals surface area contributed by atoms with Crippen molar-refractivity contribution in [1.82, 2.24) is 4.90 Å². The van der Waals surface area contributed by atoms with Gasteiger partial charge in [0.2, 0.25) is 0 Å². The van der Waals surface area contributed by atoms with Crippen LogP contribution in [0.5, 0.6) is 0 Å². The molecule has 2 rings (SSSR count). The molecule has 0 aliphatic carbocycles. The highest BCUT2D eigenvalue weighted by Crippen LogP contribution is 2.11. The van der Waals surface area contributed by atoms with Gasteiger partial charge in [-0.05, 0) is 12.5 Å². The Morgan fingerprint density at radius 2 is 2.16 bits per heavy atom. The number of hydrogen-bond acceptors (Lipinski definition) is 4. The molecule has 0 saturated carbocycles. The van der Waals surface area contributed by atoms with Crippen LogP contribution in [0.15, 0.2) is 30.3 Å². The van der Waals surface area contributed by atoms with Crippen molar-refractivity contribution in [3.63, 3.8) is 0 Å². The second-order valence-electron chi connectivity index (χ2n) is 4.33. The van der Waals surface area contributed by atoms with E-state index in [1.165, 1.54) is 5.56 Å². The molecule has 1 aliphatic heterocycles. The molecule has 0 N–H and O–H groups in total. The summed E-state index contributed by atoms with van der Waals surface area (Å²) in [5, 5.41) is 0. The van der Waals surface area contributed by atoms with Gasteiger partial charge in [0.25, 0.3) is 0 Å². The molecular weight excluding hydrogens is 266 g/mol. The van der Waals surface area contributed by atoms with Crippen molar-refractivity contribution in [2.75, 3.05) is 26.3 Å². The van der Waals surface area contributed by atoms with Crippen molar-refractivity contribution in [3.05, 3.63) is 35.9 Å². The van der Waals surface area contributed by atoms with Gasteiger partial charge in [-0.25, -0.2) is 4.79 Å². The van der Waals surface area contributed by atoms with E-state index in [4.69, 9.17) is 9.47 Å². The van der Waals surface area contributed by atoms with Crippen LogP contribution >= 0.6 is 12.4 Å². The van der Waals surface area contributed by atoms with Gasteiger partial charge in [0.05, 0.1) is 13.2 Å². The number of morpholine rings is 1. The molecule has 5 heteroatoms. The first-order chi connectivity index (χ1) is 8.79. The summed E-state index contributed by atoms with van der Waals surface area (Å²) in [5.41, 5.74) is 1.25. The van der Waals surface area contributed by atoms with Crippen LogP contribution in [0.1, 0.15) is 12.5 Å². The third-order valence-electron chi connectivity index (χ3n) is 2.95. The fourth-order valence-corrected chi connectivity index (χ4v) is 2.07. The van der Waals surface area contributed by atoms with Gasteiger partial charge in [0.15, 0.2) is 6.10 Å². The summed E-state index contributed by atoms with van der Waals surface area (Å²) < 4.78 is 10.4. The van der Waals surface area contributed by atoms with Gasteiger partial charge in [-0.2, -0.15) is 0 Å². The van der Waals surface area contributed by atoms with E-state index in [2.05, 4.69) is 17.0 Å². The van der Waals surface area contributed by atoms with Gasteiger partial charge < -0.3 is 9.47 Å². The second-order valence-corrected chi connectivity index (χ2v) is 4.33. The van der Waals surface area contributed by atoms with E-state index in [1.807, 2.05) is 25.1 Å². The van der Waals surface area contributed by atoms with Crippen LogP contribution in [-0.4, -0.2) is 43.3 Å². The quantitative estimate of drug-likeness (QED) is 0.792. The highest BCUT2D eigenvalue weighted by molar-refractivity contribution is 5.85. The third kappa shape index (κ3) is 4.82. The molecule has 1 aromatic carbocycles. The minimum absolute atomic E-state index is 0. The molecule has 1 atom stereocenters. The highest BCUT2D eigenvalue weighted by Gasteiger charge is 2.27. The Morgan fingerprint density at radius 3 is 2.84 bits per heavy atom. The standard InChI is InChI=1S/C14H19NO3.ClH/c1-2-17-14(16)13-11-15(8-9-18-13)10-12-6-4-3-5-7-12;/h3-7,13H,2,8-11H2,1H3;1H. The molecule has 1 aromatic rings. The molecule has 1 fully saturated rings. The van der Waals surface area contributed by atoms with Crippen molar-refractivity contribution >= 4 is 18.4 Å². The van der Waals surface area contributed by atoms with Crippen molar-refractivity contribution in [3.8, 4) is 0 Å². The molecular formula is C14H20ClNO3. The molecule has 106 valence electrons. The number of ether oxygens (including phenoxy) is 2. The van der Waals surface area contributed by atoms with Gasteiger partial charge >= 0.3 is 5.97 Å². The number of carbonyl (C=O) groups is 1. The second kappa shape index (κ2) is 8.15. The topological polar surface area (TPSA) is 38.8 Å². The molecule has 1 saturated heterocycles. The lowest BCUT2D eigenvalue weighted by Crippen LogP contribution is -2.46. The van der Waals surface area contributed by atoms with Gasteiger partial charge in [-0.1, -0.05) is 30.3 Å². The maximum atomic E-state index is 11.6. The molecule has 0 amide bonds. The average molecular weight is 286 g/mol. The lowest BCUT2D eigenvalue weighted by molar-refractivity contribution is -0.162. The van der Waals surface area contributed by atoms with Crippen LogP contribution in [0.4, 0.5) is 0 Å². The summed E-state index contributed by atoms with van der Waals surface area (Å²) in [5.74, 6) is -0.254. The maximum absolute atomic E-state index is 11.6. The van der Waals surface area contributed by atoms with Crippen LogP contribution in [0.3, 0.4) is 0 Å². The molecule has 0 bridgehead atoms. The first-order valence-electron chi connectivity index (χ1n) is 6.34. The molecule has 1 heterocycles. The Hall–Kier alpha value is -1.10. The Bertz CT molecular complexity index is 386. The molecule has 4 nitrogen and oxygen atoms in total. The van der Waals surface area contributed by atoms with Crippen LogP contribution in [-0.2, 0) is 20.8 Å². The Labute approximate surface area is 120 Å². The van der Waals surface area contributed by atoms with E-state index in [0.29, 0.717) is 19.8 Å². The first-order valence-corrected chi connectivity index (χ1v) is 6.34. The first kappa shape index (κ1) is 16.0. The summed E-state index contributed by atoms with van der Waals surface area (Å²) in [6.45, 7) is 5.09. The Morgan fingerprint density at radius 1 is 1.42 bits per heavy atom. The maximum Gasteiger partial charge on any atom is 0.336 e. The smallest absolute Gasteiger partial charge is 0.336 e. The Kier molecular flexibility index (Phi) is 6.84. The number of esters is 1. The van der Waals surface area contributed by atoms with E-state index < -0.39 is 6.10 Å². The van der Waals surface area contributed by atoms with E-state index in [0.717, 1.165) is 13.1 Å². The number of halogens is 1. The van der Waals surface area contributed by atoms with Crippen LogP contribution in [0.2, 0.25) is 0 Å². The number of carbonyl (C=O) groups excluding carboxylic acids is 1. The van der Waals surface area contributed by atoms with E-state index >= 15 is 0 Å². The number of nitrogens with zero attached hydrogens (tertiary/aromatic N) is 1. The zero-order valence-electron chi connectivity index (χ0n) is 11.1. The number of rotatable bonds is 4. The van der Waals surface area contributed by atoms with Crippen molar-refractivity contribution in [2.45, 2.75) is 19.6 Å². The molecule has 0 spiro atoms. The predicted molar refractivity (Wildman–Crippen MR) is 75.3 cm³/mol. The summed E-state index contributed by atoms with van der Waals surface area (Å²) >= 11 is 0. The molecule has 0 aromatic heterocycles. The summed E-state index contributed by atoms with van der Waals surface area (Å²) in [4.78, 5) is 13.8. The largest absolute Gasteiger partial charge is 0.464 e. The zero-order chi connectivity index (χ0) is 12.8. The monoisotopic (exact) mass is 285 g/mol. The zero-order valence-corrected chi connectivity index (χ0v) is 11.9. The fourth-order valence-electron chi connectivity index (χ4n) is 2.07. The van der Waals surface area contributed by atoms with E-state index in [-0.39, 0.29) is 18.4 Å². The third-order valence-corrected chi connectivity index (χ3v) is 2.95. The van der Waals surface area contributed by atoms with E-state index in [9.17, 15) is 4.79 Å². The molecule has 0 radical (unpaired) electrons. The Balaban J connectivity index is 0.00000180. The lowest BCUT2D eigenvalue weighted by Gasteiger charge is -2.31. The summed E-state index contributed by atoms with van der Waals surface area (Å²) in [6, 6.07) is 10.2. The minimum atomic E-state index is -0.442. The van der Waals surface area contributed by atoms with Crippen LogP contribution < -0.4 is 0 Å². The van der Waals surface area contributed by atoms with Gasteiger partial charge in [-0.3, -0.25) is 4.90 Å². The van der Waals surface area contributed by atoms with Crippen LogP contribution in [0.25, 0.3) is 0 Å². The van der Waals surface area contributed by atoms with Crippen molar-refractivity contribution in [1.29, 1.82) is 0 Å². The minimum Gasteiger partial charge on any atom is -0.464 e. The normalized spacial score (nSPS) is 19.5. The van der Waals surface area contributed by atoms with Crippen molar-refractivity contribution < 1.29 is 14.3 Å². The number of hydrogen-bond donors (Lipinski definition) is 0. The van der Waals surface area contributed by atoms with Gasteiger partial charge in [-0.15, -0.1) is 12.4 Å². The SMILES string of the molecule is CCOC(=O)C1CN(Cc2ccccc2)CCO1.Cl. The summed E-state index contributed by atoms with van der Waals surface area (Å²) in [6.07, 6.45) is -0.442. The van der Waals surface area contributed by atoms with Gasteiger partial charge in [0.1, 0.15) is 0 Å². The highest BCUT2D eigenvalue weighted by atomic mass is 35.5. The van der Waals surface area contributed by atoms with Gasteiger partial charge in [0, 0.05) is 19.6 Å². The number of benzene rings is 1. The predicted octanol–water partition coefficient (Wildman–Crippen LogP) is 1.87. The van der Waals surface area contributed by atoms with E-state index in [1.54, 1.807) is 0 Å². The molecule has 1 unspecified atom stereocenters. The van der Waals surface area contributed by atoms with Crippen molar-refractivity contribution in [2.24, 2.45) is 0 Å². The lowest BCUT2D eigenvalue weighted by atomic mass is 10.2. The average Bonchev–Trinajstić information content (AvgIpc) is 2.40. The summed E-state index contributed by atoms with van der Waals surface area (Å²) in [7, 11) is 0. The molecule has 1 aliphatic rings. The fraction of sp³-hybridized carbons (Fsp3) is 0.500. The van der Waals surface area contributed by atoms with Crippen LogP contribution in [0, 0.1) is 0 Å².